The van der Waals surface area contributed by atoms with Gasteiger partial charge in [0, 0.05) is 13.0 Å². The summed E-state index contributed by atoms with van der Waals surface area (Å²) in [6.07, 6.45) is 7.13. The summed E-state index contributed by atoms with van der Waals surface area (Å²) >= 11 is 0. The number of hydrogen-bond acceptors (Lipinski definition) is 1. The number of halogens is 2. The topological polar surface area (TPSA) is 3.24 Å². The summed E-state index contributed by atoms with van der Waals surface area (Å²) in [6.45, 7) is 7.34. The Morgan fingerprint density at radius 3 is 2.50 bits per heavy atom. The van der Waals surface area contributed by atoms with Gasteiger partial charge in [-0.2, -0.15) is 0 Å². The molecule has 3 heteroatoms. The molecule has 0 atom stereocenters. The molecular weight excluding hydrogens is 208 g/mol. The summed E-state index contributed by atoms with van der Waals surface area (Å²) in [4.78, 5) is 1.64. The first kappa shape index (κ1) is 15.0. The van der Waals surface area contributed by atoms with Crippen LogP contribution in [0, 0.1) is 0 Å². The van der Waals surface area contributed by atoms with Crippen molar-refractivity contribution in [3.05, 3.63) is 36.5 Å². The molecule has 0 fully saturated rings. The Morgan fingerprint density at radius 2 is 2.00 bits per heavy atom. The molecule has 0 unspecified atom stereocenters. The van der Waals surface area contributed by atoms with Crippen molar-refractivity contribution < 1.29 is 8.78 Å². The Labute approximate surface area is 97.1 Å². The Morgan fingerprint density at radius 1 is 1.38 bits per heavy atom. The van der Waals surface area contributed by atoms with E-state index in [0.29, 0.717) is 6.54 Å². The smallest absolute Gasteiger partial charge is 0.260 e. The Balaban J connectivity index is 4.14. The third kappa shape index (κ3) is 7.35. The lowest BCUT2D eigenvalue weighted by Gasteiger charge is -2.22. The van der Waals surface area contributed by atoms with Crippen molar-refractivity contribution >= 4 is 0 Å². The van der Waals surface area contributed by atoms with E-state index in [4.69, 9.17) is 0 Å². The van der Waals surface area contributed by atoms with Gasteiger partial charge in [0.05, 0.1) is 6.54 Å². The maximum atomic E-state index is 13.1. The predicted octanol–water partition coefficient (Wildman–Crippen LogP) is 3.65. The van der Waals surface area contributed by atoms with Gasteiger partial charge in [0.2, 0.25) is 0 Å². The molecule has 0 rings (SSSR count). The average molecular weight is 229 g/mol. The van der Waals surface area contributed by atoms with E-state index in [9.17, 15) is 8.78 Å². The van der Waals surface area contributed by atoms with Crippen LogP contribution < -0.4 is 0 Å². The summed E-state index contributed by atoms with van der Waals surface area (Å²) in [5.41, 5.74) is 1.05. The molecule has 0 aromatic heterocycles. The third-order valence-electron chi connectivity index (χ3n) is 2.17. The lowest BCUT2D eigenvalue weighted by molar-refractivity contribution is -0.0277. The monoisotopic (exact) mass is 229 g/mol. The number of hydrogen-bond donors (Lipinski definition) is 0. The second-order valence-corrected chi connectivity index (χ2v) is 4.02. The van der Waals surface area contributed by atoms with E-state index in [1.807, 2.05) is 25.2 Å². The molecule has 0 heterocycles. The van der Waals surface area contributed by atoms with Gasteiger partial charge >= 0.3 is 0 Å². The molecule has 0 saturated heterocycles. The number of alkyl halides is 2. The van der Waals surface area contributed by atoms with Crippen LogP contribution in [0.2, 0.25) is 0 Å². The molecule has 0 radical (unpaired) electrons. The van der Waals surface area contributed by atoms with Crippen molar-refractivity contribution in [2.45, 2.75) is 26.2 Å². The molecule has 1 nitrogen and oxygen atoms in total. The molecule has 0 aliphatic rings. The minimum Gasteiger partial charge on any atom is -0.297 e. The van der Waals surface area contributed by atoms with Crippen LogP contribution in [0.15, 0.2) is 36.5 Å². The summed E-state index contributed by atoms with van der Waals surface area (Å²) in [5, 5.41) is 0. The lowest BCUT2D eigenvalue weighted by atomic mass is 10.2. The quantitative estimate of drug-likeness (QED) is 0.602. The van der Waals surface area contributed by atoms with Crippen molar-refractivity contribution in [2.24, 2.45) is 0 Å². The van der Waals surface area contributed by atoms with Crippen LogP contribution in [0.5, 0.6) is 0 Å². The van der Waals surface area contributed by atoms with Crippen LogP contribution >= 0.6 is 0 Å². The van der Waals surface area contributed by atoms with Crippen LogP contribution in [0.4, 0.5) is 8.78 Å². The second-order valence-electron chi connectivity index (χ2n) is 4.02. The molecule has 92 valence electrons. The van der Waals surface area contributed by atoms with E-state index in [-0.39, 0.29) is 13.0 Å². The SMILES string of the molecule is C=C/C=C\C=C(/C)CN(C)CC(F)(F)CC. The summed E-state index contributed by atoms with van der Waals surface area (Å²) in [6, 6.07) is 0. The average Bonchev–Trinajstić information content (AvgIpc) is 2.17. The fraction of sp³-hybridized carbons (Fsp3) is 0.538. The first-order chi connectivity index (χ1) is 7.41. The molecule has 0 aromatic rings. The van der Waals surface area contributed by atoms with E-state index in [2.05, 4.69) is 6.58 Å². The molecule has 0 aliphatic carbocycles. The number of nitrogens with zero attached hydrogens (tertiary/aromatic N) is 1. The number of likely N-dealkylation sites (N-methyl/N-ethyl adjacent to an activating group) is 1. The zero-order valence-corrected chi connectivity index (χ0v) is 10.3. The van der Waals surface area contributed by atoms with E-state index >= 15 is 0 Å². The first-order valence-electron chi connectivity index (χ1n) is 5.42. The van der Waals surface area contributed by atoms with Crippen LogP contribution in [-0.2, 0) is 0 Å². The standard InChI is InChI=1S/C13H21F2N/c1-5-7-8-9-12(3)10-16(4)11-13(14,15)6-2/h5,7-9H,1,6,10-11H2,2-4H3/b8-7-,12-9+. The van der Waals surface area contributed by atoms with Gasteiger partial charge < -0.3 is 0 Å². The second kappa shape index (κ2) is 7.34. The summed E-state index contributed by atoms with van der Waals surface area (Å²) < 4.78 is 26.1. The van der Waals surface area contributed by atoms with Crippen molar-refractivity contribution in [1.29, 1.82) is 0 Å². The van der Waals surface area contributed by atoms with E-state index in [0.717, 1.165) is 5.57 Å². The normalized spacial score (nSPS) is 13.8. The molecule has 0 aliphatic heterocycles. The lowest BCUT2D eigenvalue weighted by Crippen LogP contribution is -2.34. The highest BCUT2D eigenvalue weighted by molar-refractivity contribution is 5.15. The van der Waals surface area contributed by atoms with Gasteiger partial charge in [0.15, 0.2) is 0 Å². The molecule has 0 bridgehead atoms. The van der Waals surface area contributed by atoms with Gasteiger partial charge in [-0.25, -0.2) is 8.78 Å². The minimum atomic E-state index is -2.59. The maximum Gasteiger partial charge on any atom is 0.260 e. The number of allylic oxidation sites excluding steroid dienone is 4. The van der Waals surface area contributed by atoms with E-state index in [1.165, 1.54) is 6.92 Å². The zero-order valence-electron chi connectivity index (χ0n) is 10.3. The Kier molecular flexibility index (Phi) is 6.90. The molecule has 0 amide bonds. The summed E-state index contributed by atoms with van der Waals surface area (Å²) in [7, 11) is 1.71. The highest BCUT2D eigenvalue weighted by Gasteiger charge is 2.27. The van der Waals surface area contributed by atoms with Crippen LogP contribution in [0.1, 0.15) is 20.3 Å². The van der Waals surface area contributed by atoms with Crippen molar-refractivity contribution in [1.82, 2.24) is 4.90 Å². The Hall–Kier alpha value is -0.960. The highest BCUT2D eigenvalue weighted by Crippen LogP contribution is 2.18. The third-order valence-corrected chi connectivity index (χ3v) is 2.17. The summed E-state index contributed by atoms with van der Waals surface area (Å²) in [5.74, 6) is -2.59. The van der Waals surface area contributed by atoms with Crippen molar-refractivity contribution in [3.8, 4) is 0 Å². The van der Waals surface area contributed by atoms with Gasteiger partial charge in [-0.3, -0.25) is 4.90 Å². The highest BCUT2D eigenvalue weighted by atomic mass is 19.3. The van der Waals surface area contributed by atoms with Gasteiger partial charge in [0.25, 0.3) is 5.92 Å². The van der Waals surface area contributed by atoms with Crippen LogP contribution in [-0.4, -0.2) is 31.0 Å². The van der Waals surface area contributed by atoms with Crippen LogP contribution in [0.3, 0.4) is 0 Å². The van der Waals surface area contributed by atoms with E-state index in [1.54, 1.807) is 18.0 Å². The van der Waals surface area contributed by atoms with Gasteiger partial charge in [-0.05, 0) is 14.0 Å². The van der Waals surface area contributed by atoms with Gasteiger partial charge in [-0.1, -0.05) is 43.4 Å². The predicted molar refractivity (Wildman–Crippen MR) is 65.8 cm³/mol. The minimum absolute atomic E-state index is 0.115. The molecule has 0 N–H and O–H groups in total. The van der Waals surface area contributed by atoms with E-state index < -0.39 is 5.92 Å². The van der Waals surface area contributed by atoms with Gasteiger partial charge in [0.1, 0.15) is 0 Å². The fourth-order valence-corrected chi connectivity index (χ4v) is 1.34. The molecular formula is C13H21F2N. The Bertz CT molecular complexity index is 267. The number of rotatable bonds is 7. The molecule has 0 aromatic carbocycles. The van der Waals surface area contributed by atoms with Gasteiger partial charge in [-0.15, -0.1) is 0 Å². The molecule has 0 spiro atoms. The molecule has 16 heavy (non-hydrogen) atoms. The fourth-order valence-electron chi connectivity index (χ4n) is 1.34. The van der Waals surface area contributed by atoms with Crippen molar-refractivity contribution in [2.75, 3.05) is 20.1 Å². The maximum absolute atomic E-state index is 13.1. The molecule has 0 saturated carbocycles. The van der Waals surface area contributed by atoms with Crippen molar-refractivity contribution in [3.63, 3.8) is 0 Å². The largest absolute Gasteiger partial charge is 0.297 e. The van der Waals surface area contributed by atoms with Crippen LogP contribution in [0.25, 0.3) is 0 Å². The zero-order chi connectivity index (χ0) is 12.6. The first-order valence-corrected chi connectivity index (χ1v) is 5.42.